The van der Waals surface area contributed by atoms with Gasteiger partial charge < -0.3 is 14.7 Å². The first kappa shape index (κ1) is 23.9. The number of nitrogens with zero attached hydrogens (tertiary/aromatic N) is 1. The fourth-order valence-electron chi connectivity index (χ4n) is 3.83. The molecule has 0 aromatic carbocycles. The van der Waals surface area contributed by atoms with Crippen molar-refractivity contribution in [1.29, 1.82) is 0 Å². The van der Waals surface area contributed by atoms with E-state index in [4.69, 9.17) is 13.1 Å². The molecule has 0 spiro atoms. The molecule has 2 N–H and O–H groups in total. The van der Waals surface area contributed by atoms with Gasteiger partial charge in [-0.25, -0.2) is 4.98 Å². The van der Waals surface area contributed by atoms with Gasteiger partial charge in [0.2, 0.25) is 0 Å². The van der Waals surface area contributed by atoms with Crippen LogP contribution in [-0.4, -0.2) is 68.7 Å². The second-order valence-corrected chi connectivity index (χ2v) is 12.0. The number of nitrogens with one attached hydrogen (secondary N) is 2. The molecule has 1 aliphatic carbocycles. The number of aromatic nitrogens is 3. The second kappa shape index (κ2) is 8.28. The van der Waals surface area contributed by atoms with E-state index in [1.54, 1.807) is 6.20 Å². The standard InChI is InChI=1S/C18H27N3O8S2/c1-18(2,3)27-8-10-6-11(12-7-19-14-13(12)20-9-21-17(14)22)16(29-31(5,25)26)15(10)28-30(4,23)24/h7,9-11,15-16,19H,6,8H2,1-5H3,(H,20,21,22)/t10-,11+,15-,16+/m1/s1. The highest BCUT2D eigenvalue weighted by molar-refractivity contribution is 7.86. The molecule has 0 aliphatic heterocycles. The largest absolute Gasteiger partial charge is 0.375 e. The molecule has 4 atom stereocenters. The van der Waals surface area contributed by atoms with Crippen molar-refractivity contribution in [1.82, 2.24) is 15.0 Å². The van der Waals surface area contributed by atoms with Crippen LogP contribution in [0.5, 0.6) is 0 Å². The maximum Gasteiger partial charge on any atom is 0.275 e. The van der Waals surface area contributed by atoms with Gasteiger partial charge in [-0.3, -0.25) is 13.2 Å². The predicted octanol–water partition coefficient (Wildman–Crippen LogP) is 0.859. The summed E-state index contributed by atoms with van der Waals surface area (Å²) in [7, 11) is -7.90. The minimum absolute atomic E-state index is 0.125. The molecule has 2 heterocycles. The molecule has 3 rings (SSSR count). The Labute approximate surface area is 180 Å². The predicted molar refractivity (Wildman–Crippen MR) is 113 cm³/mol. The Bertz CT molecular complexity index is 1210. The van der Waals surface area contributed by atoms with Gasteiger partial charge >= 0.3 is 0 Å². The minimum Gasteiger partial charge on any atom is -0.375 e. The summed E-state index contributed by atoms with van der Waals surface area (Å²) in [6.45, 7) is 5.69. The van der Waals surface area contributed by atoms with Crippen molar-refractivity contribution in [3.63, 3.8) is 0 Å². The highest BCUT2D eigenvalue weighted by Gasteiger charge is 2.50. The summed E-state index contributed by atoms with van der Waals surface area (Å²) in [5, 5.41) is 0. The topological polar surface area (TPSA) is 158 Å². The lowest BCUT2D eigenvalue weighted by Crippen LogP contribution is -2.38. The molecular formula is C18H27N3O8S2. The molecule has 1 aliphatic rings. The summed E-state index contributed by atoms with van der Waals surface area (Å²) in [5.74, 6) is -1.10. The fraction of sp³-hybridized carbons (Fsp3) is 0.667. The zero-order chi connectivity index (χ0) is 23.2. The van der Waals surface area contributed by atoms with Gasteiger partial charge in [0.25, 0.3) is 25.8 Å². The second-order valence-electron chi connectivity index (χ2n) is 8.75. The highest BCUT2D eigenvalue weighted by atomic mass is 32.2. The lowest BCUT2D eigenvalue weighted by Gasteiger charge is -2.27. The molecule has 0 unspecified atom stereocenters. The van der Waals surface area contributed by atoms with E-state index < -0.39 is 49.9 Å². The zero-order valence-corrected chi connectivity index (χ0v) is 19.5. The van der Waals surface area contributed by atoms with Gasteiger partial charge in [-0.15, -0.1) is 0 Å². The van der Waals surface area contributed by atoms with Gasteiger partial charge in [-0.2, -0.15) is 16.8 Å². The van der Waals surface area contributed by atoms with Crippen LogP contribution in [0.15, 0.2) is 17.3 Å². The number of fused-ring (bicyclic) bond motifs is 1. The number of hydrogen-bond donors (Lipinski definition) is 2. The lowest BCUT2D eigenvalue weighted by atomic mass is 9.96. The lowest BCUT2D eigenvalue weighted by molar-refractivity contribution is -0.0449. The molecule has 11 nitrogen and oxygen atoms in total. The number of rotatable bonds is 7. The molecule has 0 saturated heterocycles. The van der Waals surface area contributed by atoms with E-state index in [-0.39, 0.29) is 17.7 Å². The van der Waals surface area contributed by atoms with Gasteiger partial charge in [0.05, 0.1) is 36.6 Å². The molecular weight excluding hydrogens is 450 g/mol. The van der Waals surface area contributed by atoms with Crippen molar-refractivity contribution >= 4 is 31.3 Å². The molecule has 1 saturated carbocycles. The van der Waals surface area contributed by atoms with Gasteiger partial charge in [0, 0.05) is 23.6 Å². The molecule has 174 valence electrons. The maximum atomic E-state index is 12.1. The summed E-state index contributed by atoms with van der Waals surface area (Å²) >= 11 is 0. The van der Waals surface area contributed by atoms with Gasteiger partial charge in [0.1, 0.15) is 17.7 Å². The summed E-state index contributed by atoms with van der Waals surface area (Å²) in [4.78, 5) is 21.6. The Hall–Kier alpha value is -1.80. The summed E-state index contributed by atoms with van der Waals surface area (Å²) in [5.41, 5.74) is 0.231. The fourth-order valence-corrected chi connectivity index (χ4v) is 5.15. The first-order chi connectivity index (χ1) is 14.1. The number of ether oxygens (including phenoxy) is 1. The quantitative estimate of drug-likeness (QED) is 0.552. The van der Waals surface area contributed by atoms with Crippen molar-refractivity contribution in [3.8, 4) is 0 Å². The summed E-state index contributed by atoms with van der Waals surface area (Å²) in [6, 6.07) is 0. The van der Waals surface area contributed by atoms with Crippen LogP contribution >= 0.6 is 0 Å². The van der Waals surface area contributed by atoms with E-state index >= 15 is 0 Å². The third-order valence-corrected chi connectivity index (χ3v) is 6.09. The third-order valence-electron chi connectivity index (χ3n) is 4.94. The van der Waals surface area contributed by atoms with Crippen LogP contribution in [0, 0.1) is 5.92 Å². The van der Waals surface area contributed by atoms with E-state index in [1.807, 2.05) is 20.8 Å². The minimum atomic E-state index is -3.96. The smallest absolute Gasteiger partial charge is 0.275 e. The van der Waals surface area contributed by atoms with Crippen LogP contribution in [0.3, 0.4) is 0 Å². The monoisotopic (exact) mass is 477 g/mol. The Balaban J connectivity index is 2.08. The van der Waals surface area contributed by atoms with Crippen molar-refractivity contribution in [2.24, 2.45) is 5.92 Å². The third kappa shape index (κ3) is 5.92. The Kier molecular flexibility index (Phi) is 6.37. The van der Waals surface area contributed by atoms with Crippen LogP contribution in [0.2, 0.25) is 0 Å². The van der Waals surface area contributed by atoms with Gasteiger partial charge in [-0.05, 0) is 27.2 Å². The molecule has 2 aromatic rings. The molecule has 0 bridgehead atoms. The van der Waals surface area contributed by atoms with Crippen molar-refractivity contribution in [2.45, 2.75) is 50.9 Å². The van der Waals surface area contributed by atoms with E-state index in [1.165, 1.54) is 6.33 Å². The van der Waals surface area contributed by atoms with E-state index in [2.05, 4.69) is 15.0 Å². The van der Waals surface area contributed by atoms with Crippen LogP contribution in [0.25, 0.3) is 11.0 Å². The van der Waals surface area contributed by atoms with Crippen molar-refractivity contribution < 1.29 is 29.9 Å². The number of hydrogen-bond acceptors (Lipinski definition) is 9. The molecule has 31 heavy (non-hydrogen) atoms. The number of aromatic amines is 2. The van der Waals surface area contributed by atoms with Crippen LogP contribution < -0.4 is 5.56 Å². The maximum absolute atomic E-state index is 12.1. The summed E-state index contributed by atoms with van der Waals surface area (Å²) in [6.07, 6.45) is 2.62. The number of H-pyrrole nitrogens is 2. The van der Waals surface area contributed by atoms with E-state index in [9.17, 15) is 21.6 Å². The molecule has 13 heteroatoms. The van der Waals surface area contributed by atoms with E-state index in [0.717, 1.165) is 12.5 Å². The van der Waals surface area contributed by atoms with Crippen molar-refractivity contribution in [2.75, 3.05) is 19.1 Å². The Morgan fingerprint density at radius 1 is 1.06 bits per heavy atom. The molecule has 0 radical (unpaired) electrons. The zero-order valence-electron chi connectivity index (χ0n) is 17.9. The Morgan fingerprint density at radius 3 is 2.26 bits per heavy atom. The van der Waals surface area contributed by atoms with E-state index in [0.29, 0.717) is 17.5 Å². The molecule has 1 fully saturated rings. The van der Waals surface area contributed by atoms with Crippen LogP contribution in [0.1, 0.15) is 38.7 Å². The summed E-state index contributed by atoms with van der Waals surface area (Å²) < 4.78 is 64.5. The molecule has 0 amide bonds. The van der Waals surface area contributed by atoms with Crippen LogP contribution in [0.4, 0.5) is 0 Å². The first-order valence-corrected chi connectivity index (χ1v) is 13.2. The molecule has 2 aromatic heterocycles. The average Bonchev–Trinajstić information content (AvgIpc) is 3.13. The highest BCUT2D eigenvalue weighted by Crippen LogP contribution is 2.45. The first-order valence-electron chi connectivity index (χ1n) is 9.60. The SMILES string of the molecule is CC(C)(C)OC[C@H]1C[C@@H](c2c[nH]c3c(=O)[nH]cnc23)[C@H](OS(C)(=O)=O)[C@@H]1OS(C)(=O)=O. The normalized spacial score (nSPS) is 25.3. The average molecular weight is 478 g/mol. The van der Waals surface area contributed by atoms with Gasteiger partial charge in [-0.1, -0.05) is 0 Å². The van der Waals surface area contributed by atoms with Crippen LogP contribution in [-0.2, 0) is 33.3 Å². The van der Waals surface area contributed by atoms with Crippen molar-refractivity contribution in [3.05, 3.63) is 28.4 Å². The van der Waals surface area contributed by atoms with Gasteiger partial charge in [0.15, 0.2) is 0 Å². The Morgan fingerprint density at radius 2 is 1.68 bits per heavy atom.